The van der Waals surface area contributed by atoms with Crippen molar-refractivity contribution in [3.05, 3.63) is 101 Å². The number of carboxylic acid groups (broad SMARTS) is 1. The highest BCUT2D eigenvalue weighted by Gasteiger charge is 2.28. The van der Waals surface area contributed by atoms with E-state index in [1.165, 1.54) is 22.3 Å². The van der Waals surface area contributed by atoms with Gasteiger partial charge in [-0.05, 0) is 33.4 Å². The summed E-state index contributed by atoms with van der Waals surface area (Å²) in [6.07, 6.45) is 3.25. The van der Waals surface area contributed by atoms with E-state index in [0.29, 0.717) is 6.54 Å². The molecule has 2 N–H and O–H groups in total. The Morgan fingerprint density at radius 3 is 2.13 bits per heavy atom. The van der Waals surface area contributed by atoms with Gasteiger partial charge in [-0.3, -0.25) is 4.79 Å². The van der Waals surface area contributed by atoms with Crippen LogP contribution in [0.4, 0.5) is 4.79 Å². The third-order valence-corrected chi connectivity index (χ3v) is 5.35. The van der Waals surface area contributed by atoms with E-state index < -0.39 is 12.1 Å². The topological polar surface area (TPSA) is 75.6 Å². The van der Waals surface area contributed by atoms with E-state index in [1.54, 1.807) is 12.1 Å². The molecule has 3 aromatic carbocycles. The van der Waals surface area contributed by atoms with Gasteiger partial charge in [-0.25, -0.2) is 4.79 Å². The number of carbonyl (C=O) groups excluding carboxylic acids is 1. The Morgan fingerprint density at radius 1 is 0.903 bits per heavy atom. The number of amides is 1. The number of rotatable bonds is 7. The molecule has 0 aromatic heterocycles. The molecule has 5 heteroatoms. The Kier molecular flexibility index (Phi) is 6.13. The van der Waals surface area contributed by atoms with E-state index in [2.05, 4.69) is 29.6 Å². The minimum absolute atomic E-state index is 0.00728. The van der Waals surface area contributed by atoms with Gasteiger partial charge >= 0.3 is 12.1 Å². The molecule has 31 heavy (non-hydrogen) atoms. The first-order valence-electron chi connectivity index (χ1n) is 10.2. The molecule has 0 unspecified atom stereocenters. The number of carboxylic acids is 1. The van der Waals surface area contributed by atoms with E-state index in [-0.39, 0.29) is 18.9 Å². The quantitative estimate of drug-likeness (QED) is 0.580. The van der Waals surface area contributed by atoms with Gasteiger partial charge in [0.2, 0.25) is 0 Å². The molecule has 0 spiro atoms. The van der Waals surface area contributed by atoms with Gasteiger partial charge in [0.25, 0.3) is 0 Å². The van der Waals surface area contributed by atoms with Crippen molar-refractivity contribution in [3.8, 4) is 11.1 Å². The van der Waals surface area contributed by atoms with Gasteiger partial charge in [0, 0.05) is 12.5 Å². The third kappa shape index (κ3) is 4.83. The number of fused-ring (bicyclic) bond motifs is 3. The number of alkyl carbamates (subject to hydrolysis) is 1. The molecule has 1 aliphatic rings. The van der Waals surface area contributed by atoms with E-state index >= 15 is 0 Å². The zero-order valence-corrected chi connectivity index (χ0v) is 17.0. The predicted molar refractivity (Wildman–Crippen MR) is 120 cm³/mol. The summed E-state index contributed by atoms with van der Waals surface area (Å²) in [5, 5.41) is 11.5. The molecule has 0 aliphatic heterocycles. The van der Waals surface area contributed by atoms with Crippen molar-refractivity contribution < 1.29 is 19.4 Å². The van der Waals surface area contributed by atoms with Crippen molar-refractivity contribution in [1.29, 1.82) is 0 Å². The molecular formula is C26H23NO4. The molecule has 1 amide bonds. The van der Waals surface area contributed by atoms with Crippen LogP contribution in [0.2, 0.25) is 0 Å². The highest BCUT2D eigenvalue weighted by atomic mass is 16.5. The van der Waals surface area contributed by atoms with Crippen molar-refractivity contribution in [2.75, 3.05) is 13.2 Å². The first-order valence-corrected chi connectivity index (χ1v) is 10.2. The summed E-state index contributed by atoms with van der Waals surface area (Å²) in [4.78, 5) is 22.9. The van der Waals surface area contributed by atoms with Gasteiger partial charge in [-0.15, -0.1) is 0 Å². The maximum Gasteiger partial charge on any atom is 0.407 e. The van der Waals surface area contributed by atoms with Crippen LogP contribution in [0.15, 0.2) is 78.9 Å². The summed E-state index contributed by atoms with van der Waals surface area (Å²) >= 11 is 0. The maximum atomic E-state index is 12.2. The van der Waals surface area contributed by atoms with Crippen LogP contribution in [0, 0.1) is 0 Å². The summed E-state index contributed by atoms with van der Waals surface area (Å²) in [7, 11) is 0. The standard InChI is InChI=1S/C26H23NO4/c28-25(29)16-19-13-11-18(12-14-19)6-5-15-27-26(30)31-17-24-22-9-3-1-7-20(22)21-8-2-4-10-23(21)24/h1-14,24H,15-17H2,(H,27,30)(H,28,29). The molecule has 0 atom stereocenters. The van der Waals surface area contributed by atoms with Crippen molar-refractivity contribution >= 4 is 18.1 Å². The lowest BCUT2D eigenvalue weighted by Gasteiger charge is -2.14. The Hall–Kier alpha value is -3.86. The fraction of sp³-hybridized carbons (Fsp3) is 0.154. The van der Waals surface area contributed by atoms with Crippen LogP contribution in [-0.4, -0.2) is 30.3 Å². The van der Waals surface area contributed by atoms with Gasteiger partial charge in [-0.2, -0.15) is 0 Å². The van der Waals surface area contributed by atoms with Crippen LogP contribution in [0.3, 0.4) is 0 Å². The minimum Gasteiger partial charge on any atom is -0.481 e. The molecule has 0 saturated carbocycles. The van der Waals surface area contributed by atoms with Gasteiger partial charge < -0.3 is 15.2 Å². The first-order chi connectivity index (χ1) is 15.1. The van der Waals surface area contributed by atoms with Gasteiger partial charge in [0.1, 0.15) is 6.61 Å². The van der Waals surface area contributed by atoms with Crippen molar-refractivity contribution in [3.63, 3.8) is 0 Å². The van der Waals surface area contributed by atoms with Gasteiger partial charge in [-0.1, -0.05) is 84.9 Å². The molecule has 3 aromatic rings. The molecule has 0 fully saturated rings. The summed E-state index contributed by atoms with van der Waals surface area (Å²) in [6.45, 7) is 0.627. The SMILES string of the molecule is O=C(O)Cc1ccc(C=CCNC(=O)OCC2c3ccccc3-c3ccccc32)cc1. The Balaban J connectivity index is 1.28. The lowest BCUT2D eigenvalue weighted by Crippen LogP contribution is -2.26. The maximum absolute atomic E-state index is 12.2. The summed E-state index contributed by atoms with van der Waals surface area (Å²) in [6, 6.07) is 23.7. The lowest BCUT2D eigenvalue weighted by molar-refractivity contribution is -0.136. The Labute approximate surface area is 181 Å². The van der Waals surface area contributed by atoms with E-state index in [4.69, 9.17) is 9.84 Å². The molecule has 0 heterocycles. The van der Waals surface area contributed by atoms with E-state index in [1.807, 2.05) is 48.6 Å². The molecular weight excluding hydrogens is 390 g/mol. The molecule has 0 bridgehead atoms. The van der Waals surface area contributed by atoms with Crippen LogP contribution in [0.5, 0.6) is 0 Å². The minimum atomic E-state index is -0.851. The Morgan fingerprint density at radius 2 is 1.52 bits per heavy atom. The highest BCUT2D eigenvalue weighted by Crippen LogP contribution is 2.44. The highest BCUT2D eigenvalue weighted by molar-refractivity contribution is 5.79. The second-order valence-electron chi connectivity index (χ2n) is 7.42. The lowest BCUT2D eigenvalue weighted by atomic mass is 9.98. The second kappa shape index (κ2) is 9.30. The van der Waals surface area contributed by atoms with Crippen LogP contribution in [0.25, 0.3) is 17.2 Å². The van der Waals surface area contributed by atoms with Crippen LogP contribution >= 0.6 is 0 Å². The van der Waals surface area contributed by atoms with Crippen molar-refractivity contribution in [1.82, 2.24) is 5.32 Å². The molecule has 156 valence electrons. The summed E-state index contributed by atoms with van der Waals surface area (Å²) in [5.74, 6) is -0.811. The number of carbonyl (C=O) groups is 2. The van der Waals surface area contributed by atoms with Gasteiger partial charge in [0.15, 0.2) is 0 Å². The van der Waals surface area contributed by atoms with Crippen molar-refractivity contribution in [2.24, 2.45) is 0 Å². The molecule has 1 aliphatic carbocycles. The van der Waals surface area contributed by atoms with Crippen LogP contribution < -0.4 is 5.32 Å². The largest absolute Gasteiger partial charge is 0.481 e. The second-order valence-corrected chi connectivity index (χ2v) is 7.42. The van der Waals surface area contributed by atoms with Crippen molar-refractivity contribution in [2.45, 2.75) is 12.3 Å². The number of benzene rings is 3. The number of ether oxygens (including phenoxy) is 1. The average molecular weight is 413 g/mol. The van der Waals surface area contributed by atoms with E-state index in [0.717, 1.165) is 11.1 Å². The molecule has 0 saturated heterocycles. The molecule has 5 nitrogen and oxygen atoms in total. The number of hydrogen-bond donors (Lipinski definition) is 2. The smallest absolute Gasteiger partial charge is 0.407 e. The zero-order valence-electron chi connectivity index (χ0n) is 17.0. The predicted octanol–water partition coefficient (Wildman–Crippen LogP) is 4.87. The summed E-state index contributed by atoms with van der Waals surface area (Å²) < 4.78 is 5.51. The number of nitrogens with one attached hydrogen (secondary N) is 1. The van der Waals surface area contributed by atoms with E-state index in [9.17, 15) is 9.59 Å². The average Bonchev–Trinajstić information content (AvgIpc) is 3.10. The fourth-order valence-corrected chi connectivity index (χ4v) is 3.91. The zero-order chi connectivity index (χ0) is 21.6. The van der Waals surface area contributed by atoms with Crippen LogP contribution in [0.1, 0.15) is 28.2 Å². The Bertz CT molecular complexity index is 1070. The number of aliphatic carboxylic acids is 1. The first kappa shape index (κ1) is 20.4. The monoisotopic (exact) mass is 413 g/mol. The molecule has 0 radical (unpaired) electrons. The number of hydrogen-bond acceptors (Lipinski definition) is 3. The normalized spacial score (nSPS) is 12.4. The fourth-order valence-electron chi connectivity index (χ4n) is 3.91. The third-order valence-electron chi connectivity index (χ3n) is 5.35. The molecule has 4 rings (SSSR count). The van der Waals surface area contributed by atoms with Crippen LogP contribution in [-0.2, 0) is 16.0 Å². The summed E-state index contributed by atoms with van der Waals surface area (Å²) in [5.41, 5.74) is 6.45. The van der Waals surface area contributed by atoms with Gasteiger partial charge in [0.05, 0.1) is 6.42 Å².